The molecular weight excluding hydrogens is 252 g/mol. The fourth-order valence-electron chi connectivity index (χ4n) is 1.98. The molecular formula is C14H20N6. The van der Waals surface area contributed by atoms with Gasteiger partial charge in [0.15, 0.2) is 0 Å². The second-order valence-corrected chi connectivity index (χ2v) is 5.09. The first-order valence-corrected chi connectivity index (χ1v) is 6.37. The van der Waals surface area contributed by atoms with Gasteiger partial charge in [0.1, 0.15) is 0 Å². The molecule has 0 saturated carbocycles. The molecule has 0 unspecified atom stereocenters. The predicted octanol–water partition coefficient (Wildman–Crippen LogP) is 1.90. The van der Waals surface area contributed by atoms with Crippen molar-refractivity contribution < 1.29 is 0 Å². The number of nitrogen functional groups attached to an aromatic ring is 1. The Bertz CT molecular complexity index is 603. The highest BCUT2D eigenvalue weighted by Gasteiger charge is 2.12. The van der Waals surface area contributed by atoms with E-state index in [9.17, 15) is 0 Å². The van der Waals surface area contributed by atoms with Crippen LogP contribution in [0.25, 0.3) is 0 Å². The van der Waals surface area contributed by atoms with Gasteiger partial charge in [0.2, 0.25) is 17.8 Å². The van der Waals surface area contributed by atoms with Gasteiger partial charge in [-0.3, -0.25) is 0 Å². The van der Waals surface area contributed by atoms with Crippen LogP contribution in [-0.4, -0.2) is 36.1 Å². The second-order valence-electron chi connectivity index (χ2n) is 5.09. The van der Waals surface area contributed by atoms with E-state index in [4.69, 9.17) is 5.73 Å². The number of hydrogen-bond acceptors (Lipinski definition) is 6. The molecule has 6 nitrogen and oxygen atoms in total. The van der Waals surface area contributed by atoms with E-state index >= 15 is 0 Å². The molecule has 0 amide bonds. The lowest BCUT2D eigenvalue weighted by atomic mass is 10.1. The van der Waals surface area contributed by atoms with Crippen molar-refractivity contribution in [1.82, 2.24) is 15.0 Å². The number of nitrogens with zero attached hydrogens (tertiary/aromatic N) is 5. The average molecular weight is 272 g/mol. The summed E-state index contributed by atoms with van der Waals surface area (Å²) >= 11 is 0. The number of hydrogen-bond donors (Lipinski definition) is 1. The van der Waals surface area contributed by atoms with E-state index in [-0.39, 0.29) is 5.95 Å². The first-order valence-electron chi connectivity index (χ1n) is 6.37. The molecule has 6 heteroatoms. The minimum Gasteiger partial charge on any atom is -0.368 e. The molecule has 1 aromatic heterocycles. The van der Waals surface area contributed by atoms with Gasteiger partial charge in [0.25, 0.3) is 0 Å². The zero-order valence-electron chi connectivity index (χ0n) is 12.5. The van der Waals surface area contributed by atoms with Crippen molar-refractivity contribution in [2.75, 3.05) is 36.7 Å². The Morgan fingerprint density at radius 2 is 1.40 bits per heavy atom. The van der Waals surface area contributed by atoms with Gasteiger partial charge in [-0.05, 0) is 37.1 Å². The number of nitrogens with two attached hydrogens (primary N) is 1. The monoisotopic (exact) mass is 272 g/mol. The third-order valence-electron chi connectivity index (χ3n) is 2.92. The van der Waals surface area contributed by atoms with Gasteiger partial charge in [0.05, 0.1) is 0 Å². The summed E-state index contributed by atoms with van der Waals surface area (Å²) in [5, 5.41) is 0. The molecule has 1 heterocycles. The Kier molecular flexibility index (Phi) is 3.74. The molecule has 0 atom stereocenters. The number of anilines is 4. The van der Waals surface area contributed by atoms with E-state index in [0.29, 0.717) is 11.9 Å². The van der Waals surface area contributed by atoms with Crippen molar-refractivity contribution in [3.63, 3.8) is 0 Å². The highest BCUT2D eigenvalue weighted by atomic mass is 15.3. The van der Waals surface area contributed by atoms with E-state index in [1.54, 1.807) is 4.90 Å². The van der Waals surface area contributed by atoms with Crippen LogP contribution in [0.2, 0.25) is 0 Å². The van der Waals surface area contributed by atoms with Crippen LogP contribution in [0.1, 0.15) is 11.1 Å². The van der Waals surface area contributed by atoms with Crippen LogP contribution >= 0.6 is 0 Å². The summed E-state index contributed by atoms with van der Waals surface area (Å²) in [6.07, 6.45) is 0. The average Bonchev–Trinajstić information content (AvgIpc) is 2.35. The van der Waals surface area contributed by atoms with Crippen LogP contribution in [0.4, 0.5) is 23.5 Å². The van der Waals surface area contributed by atoms with Crippen LogP contribution in [0.15, 0.2) is 18.2 Å². The van der Waals surface area contributed by atoms with Gasteiger partial charge in [-0.15, -0.1) is 0 Å². The molecule has 2 aromatic rings. The van der Waals surface area contributed by atoms with Crippen molar-refractivity contribution >= 4 is 23.5 Å². The van der Waals surface area contributed by atoms with Crippen molar-refractivity contribution in [2.45, 2.75) is 13.8 Å². The number of aryl methyl sites for hydroxylation is 2. The molecule has 20 heavy (non-hydrogen) atoms. The molecule has 0 saturated heterocycles. The molecule has 0 aliphatic heterocycles. The summed E-state index contributed by atoms with van der Waals surface area (Å²) in [4.78, 5) is 16.4. The van der Waals surface area contributed by atoms with Gasteiger partial charge in [-0.25, -0.2) is 0 Å². The summed E-state index contributed by atoms with van der Waals surface area (Å²) < 4.78 is 0. The minimum absolute atomic E-state index is 0.218. The Morgan fingerprint density at radius 3 is 1.95 bits per heavy atom. The molecule has 0 spiro atoms. The van der Waals surface area contributed by atoms with Crippen LogP contribution < -0.4 is 15.5 Å². The summed E-state index contributed by atoms with van der Waals surface area (Å²) in [6.45, 7) is 4.13. The number of aromatic nitrogens is 3. The van der Waals surface area contributed by atoms with Crippen molar-refractivity contribution in [3.8, 4) is 0 Å². The van der Waals surface area contributed by atoms with E-state index in [1.165, 1.54) is 11.1 Å². The minimum atomic E-state index is 0.218. The SMILES string of the molecule is Cc1cc(C)cc(N(C)c2nc(N)nc(N(C)C)n2)c1. The van der Waals surface area contributed by atoms with Crippen LogP contribution in [-0.2, 0) is 0 Å². The van der Waals surface area contributed by atoms with E-state index in [2.05, 4.69) is 47.0 Å². The molecule has 0 bridgehead atoms. The fourth-order valence-corrected chi connectivity index (χ4v) is 1.98. The molecule has 0 aliphatic carbocycles. The maximum Gasteiger partial charge on any atom is 0.236 e. The Balaban J connectivity index is 2.44. The highest BCUT2D eigenvalue weighted by Crippen LogP contribution is 2.24. The molecule has 0 aliphatic rings. The summed E-state index contributed by atoms with van der Waals surface area (Å²) in [5.74, 6) is 1.30. The zero-order valence-corrected chi connectivity index (χ0v) is 12.5. The Morgan fingerprint density at radius 1 is 0.850 bits per heavy atom. The smallest absolute Gasteiger partial charge is 0.236 e. The quantitative estimate of drug-likeness (QED) is 0.920. The fraction of sp³-hybridized carbons (Fsp3) is 0.357. The lowest BCUT2D eigenvalue weighted by Crippen LogP contribution is -2.19. The second kappa shape index (κ2) is 5.32. The van der Waals surface area contributed by atoms with Gasteiger partial charge in [-0.1, -0.05) is 6.07 Å². The Labute approximate surface area is 119 Å². The molecule has 106 valence electrons. The highest BCUT2D eigenvalue weighted by molar-refractivity contribution is 5.60. The molecule has 0 radical (unpaired) electrons. The van der Waals surface area contributed by atoms with Gasteiger partial charge in [-0.2, -0.15) is 15.0 Å². The lowest BCUT2D eigenvalue weighted by Gasteiger charge is -2.20. The normalized spacial score (nSPS) is 10.4. The molecule has 0 fully saturated rings. The lowest BCUT2D eigenvalue weighted by molar-refractivity contribution is 0.938. The van der Waals surface area contributed by atoms with E-state index in [0.717, 1.165) is 5.69 Å². The van der Waals surface area contributed by atoms with Gasteiger partial charge < -0.3 is 15.5 Å². The van der Waals surface area contributed by atoms with Gasteiger partial charge in [0, 0.05) is 26.8 Å². The molecule has 1 aromatic carbocycles. The number of benzene rings is 1. The van der Waals surface area contributed by atoms with Crippen molar-refractivity contribution in [3.05, 3.63) is 29.3 Å². The first kappa shape index (κ1) is 14.0. The van der Waals surface area contributed by atoms with E-state index < -0.39 is 0 Å². The van der Waals surface area contributed by atoms with Crippen molar-refractivity contribution in [1.29, 1.82) is 0 Å². The van der Waals surface area contributed by atoms with Crippen LogP contribution in [0, 0.1) is 13.8 Å². The molecule has 2 rings (SSSR count). The Hall–Kier alpha value is -2.37. The standard InChI is InChI=1S/C14H20N6/c1-9-6-10(2)8-11(7-9)20(5)14-17-12(15)16-13(18-14)19(3)4/h6-8H,1-5H3,(H2,15,16,17,18). The topological polar surface area (TPSA) is 71.2 Å². The maximum absolute atomic E-state index is 5.76. The van der Waals surface area contributed by atoms with Crippen LogP contribution in [0.5, 0.6) is 0 Å². The third kappa shape index (κ3) is 2.96. The third-order valence-corrected chi connectivity index (χ3v) is 2.92. The van der Waals surface area contributed by atoms with Gasteiger partial charge >= 0.3 is 0 Å². The van der Waals surface area contributed by atoms with E-state index in [1.807, 2.05) is 26.0 Å². The van der Waals surface area contributed by atoms with Crippen LogP contribution in [0.3, 0.4) is 0 Å². The van der Waals surface area contributed by atoms with Crippen molar-refractivity contribution in [2.24, 2.45) is 0 Å². The summed E-state index contributed by atoms with van der Waals surface area (Å²) in [6, 6.07) is 6.30. The first-order chi connectivity index (χ1) is 9.36. The number of rotatable bonds is 3. The maximum atomic E-state index is 5.76. The predicted molar refractivity (Wildman–Crippen MR) is 82.5 cm³/mol. The summed E-state index contributed by atoms with van der Waals surface area (Å²) in [5.41, 5.74) is 9.18. The largest absolute Gasteiger partial charge is 0.368 e. The summed E-state index contributed by atoms with van der Waals surface area (Å²) in [7, 11) is 5.66. The molecule has 2 N–H and O–H groups in total. The zero-order chi connectivity index (χ0) is 14.9.